The summed E-state index contributed by atoms with van der Waals surface area (Å²) >= 11 is 0. The zero-order chi connectivity index (χ0) is 20.1. The Morgan fingerprint density at radius 2 is 1.71 bits per heavy atom. The molecule has 3 rings (SSSR count). The van der Waals surface area contributed by atoms with Gasteiger partial charge in [-0.05, 0) is 24.1 Å². The van der Waals surface area contributed by atoms with Crippen molar-refractivity contribution in [1.82, 2.24) is 10.2 Å². The summed E-state index contributed by atoms with van der Waals surface area (Å²) in [5.74, 6) is -0.763. The van der Waals surface area contributed by atoms with Gasteiger partial charge in [-0.3, -0.25) is 14.5 Å². The number of hydrogen-bond acceptors (Lipinski definition) is 3. The van der Waals surface area contributed by atoms with Gasteiger partial charge in [0.05, 0.1) is 0 Å². The molecule has 0 bridgehead atoms. The monoisotopic (exact) mass is 377 g/mol. The molecule has 0 aliphatic carbocycles. The minimum absolute atomic E-state index is 0.282. The normalized spacial score (nSPS) is 18.7. The second-order valence-electron chi connectivity index (χ2n) is 6.57. The molecule has 0 aromatic heterocycles. The maximum Gasteiger partial charge on any atom is 0.325 e. The quantitative estimate of drug-likeness (QED) is 0.596. The van der Waals surface area contributed by atoms with Crippen LogP contribution in [-0.2, 0) is 15.1 Å². The largest absolute Gasteiger partial charge is 0.325 e. The van der Waals surface area contributed by atoms with Crippen LogP contribution in [0.2, 0.25) is 0 Å². The minimum atomic E-state index is -1.14. The molecule has 1 fully saturated rings. The Kier molecular flexibility index (Phi) is 5.59. The summed E-state index contributed by atoms with van der Waals surface area (Å²) in [6.45, 7) is 5.48. The molecule has 1 aliphatic rings. The van der Waals surface area contributed by atoms with Crippen LogP contribution < -0.4 is 10.2 Å². The highest BCUT2D eigenvalue weighted by atomic mass is 16.2. The van der Waals surface area contributed by atoms with Gasteiger partial charge in [0, 0.05) is 12.2 Å². The van der Waals surface area contributed by atoms with Gasteiger partial charge in [-0.25, -0.2) is 4.79 Å². The second-order valence-corrected chi connectivity index (χ2v) is 6.57. The Hall–Kier alpha value is -3.41. The molecule has 1 unspecified atom stereocenters. The first-order valence-electron chi connectivity index (χ1n) is 9.19. The summed E-state index contributed by atoms with van der Waals surface area (Å²) in [4.78, 5) is 41.2. The molecule has 1 atom stereocenters. The van der Waals surface area contributed by atoms with Gasteiger partial charge in [0.1, 0.15) is 12.1 Å². The summed E-state index contributed by atoms with van der Waals surface area (Å²) in [6, 6.07) is 17.6. The molecule has 1 heterocycles. The molecular formula is C22H23N3O3. The highest BCUT2D eigenvalue weighted by Crippen LogP contribution is 2.32. The van der Waals surface area contributed by atoms with Crippen molar-refractivity contribution in [2.75, 3.05) is 18.0 Å². The van der Waals surface area contributed by atoms with Gasteiger partial charge in [-0.15, -0.1) is 6.58 Å². The number of imide groups is 1. The number of carbonyl (C=O) groups excluding carboxylic acids is 3. The Balaban J connectivity index is 1.85. The fourth-order valence-corrected chi connectivity index (χ4v) is 3.44. The fraction of sp³-hybridized carbons (Fsp3) is 0.227. The summed E-state index contributed by atoms with van der Waals surface area (Å²) < 4.78 is 0. The number of urea groups is 1. The first kappa shape index (κ1) is 19.4. The average Bonchev–Trinajstić information content (AvgIpc) is 2.98. The first-order valence-corrected chi connectivity index (χ1v) is 9.19. The average molecular weight is 377 g/mol. The number of rotatable bonds is 7. The zero-order valence-electron chi connectivity index (χ0n) is 15.8. The van der Waals surface area contributed by atoms with E-state index in [-0.39, 0.29) is 19.0 Å². The molecule has 6 heteroatoms. The Morgan fingerprint density at radius 3 is 2.29 bits per heavy atom. The number of anilines is 1. The van der Waals surface area contributed by atoms with Crippen molar-refractivity contribution >= 4 is 23.5 Å². The third-order valence-corrected chi connectivity index (χ3v) is 4.95. The van der Waals surface area contributed by atoms with Crippen LogP contribution >= 0.6 is 0 Å². The minimum Gasteiger partial charge on any atom is -0.319 e. The number of hydrogen-bond donors (Lipinski definition) is 1. The number of amides is 4. The number of carbonyl (C=O) groups is 3. The molecule has 0 saturated carbocycles. The molecule has 1 N–H and O–H groups in total. The van der Waals surface area contributed by atoms with Crippen molar-refractivity contribution in [2.24, 2.45) is 0 Å². The van der Waals surface area contributed by atoms with Gasteiger partial charge in [-0.2, -0.15) is 0 Å². The fourth-order valence-electron chi connectivity index (χ4n) is 3.44. The first-order chi connectivity index (χ1) is 13.5. The van der Waals surface area contributed by atoms with Gasteiger partial charge in [0.25, 0.3) is 5.91 Å². The Morgan fingerprint density at radius 1 is 1.11 bits per heavy atom. The van der Waals surface area contributed by atoms with E-state index in [0.717, 1.165) is 4.90 Å². The third-order valence-electron chi connectivity index (χ3n) is 4.95. The topological polar surface area (TPSA) is 69.7 Å². The van der Waals surface area contributed by atoms with Gasteiger partial charge < -0.3 is 10.2 Å². The van der Waals surface area contributed by atoms with Crippen molar-refractivity contribution in [2.45, 2.75) is 18.9 Å². The van der Waals surface area contributed by atoms with Crippen molar-refractivity contribution in [3.8, 4) is 0 Å². The summed E-state index contributed by atoms with van der Waals surface area (Å²) in [5.41, 5.74) is 0.246. The lowest BCUT2D eigenvalue weighted by molar-refractivity contribution is -0.134. The van der Waals surface area contributed by atoms with Gasteiger partial charge in [-0.1, -0.05) is 61.5 Å². The number of nitrogens with one attached hydrogen (secondary N) is 1. The predicted molar refractivity (Wildman–Crippen MR) is 108 cm³/mol. The van der Waals surface area contributed by atoms with Crippen LogP contribution in [0.1, 0.15) is 18.9 Å². The summed E-state index contributed by atoms with van der Waals surface area (Å²) in [5, 5.41) is 2.80. The Bertz CT molecular complexity index is 882. The van der Waals surface area contributed by atoms with Crippen LogP contribution in [0.4, 0.5) is 10.5 Å². The van der Waals surface area contributed by atoms with E-state index in [0.29, 0.717) is 17.7 Å². The van der Waals surface area contributed by atoms with Crippen molar-refractivity contribution in [3.63, 3.8) is 0 Å². The van der Waals surface area contributed by atoms with E-state index in [4.69, 9.17) is 0 Å². The second kappa shape index (κ2) is 8.08. The van der Waals surface area contributed by atoms with Crippen LogP contribution in [0.3, 0.4) is 0 Å². The van der Waals surface area contributed by atoms with E-state index >= 15 is 0 Å². The lowest BCUT2D eigenvalue weighted by Crippen LogP contribution is -2.45. The molecule has 2 aromatic carbocycles. The maximum atomic E-state index is 13.2. The zero-order valence-corrected chi connectivity index (χ0v) is 15.8. The smallest absolute Gasteiger partial charge is 0.319 e. The highest BCUT2D eigenvalue weighted by Gasteiger charge is 2.51. The number of benzene rings is 2. The van der Waals surface area contributed by atoms with Gasteiger partial charge in [0.15, 0.2) is 0 Å². The molecule has 2 aromatic rings. The van der Waals surface area contributed by atoms with E-state index < -0.39 is 17.5 Å². The third kappa shape index (κ3) is 3.41. The Labute approximate surface area is 164 Å². The maximum absolute atomic E-state index is 13.2. The van der Waals surface area contributed by atoms with Crippen molar-refractivity contribution < 1.29 is 14.4 Å². The standard InChI is InChI=1S/C22H23N3O3/c1-3-15-24(18-13-9-6-10-14-18)19(26)16-25-20(27)22(4-2,23-21(25)28)17-11-7-5-8-12-17/h3,5-14H,1,4,15-16H2,2H3,(H,23,28). The summed E-state index contributed by atoms with van der Waals surface area (Å²) in [6.07, 6.45) is 2.00. The van der Waals surface area contributed by atoms with Crippen molar-refractivity contribution in [1.29, 1.82) is 0 Å². The van der Waals surface area contributed by atoms with Crippen LogP contribution in [-0.4, -0.2) is 35.8 Å². The molecule has 144 valence electrons. The van der Waals surface area contributed by atoms with Gasteiger partial charge >= 0.3 is 6.03 Å². The van der Waals surface area contributed by atoms with Crippen molar-refractivity contribution in [3.05, 3.63) is 78.9 Å². The van der Waals surface area contributed by atoms with E-state index in [2.05, 4.69) is 11.9 Å². The summed E-state index contributed by atoms with van der Waals surface area (Å²) in [7, 11) is 0. The molecule has 1 saturated heterocycles. The lowest BCUT2D eigenvalue weighted by atomic mass is 9.87. The molecule has 28 heavy (non-hydrogen) atoms. The highest BCUT2D eigenvalue weighted by molar-refractivity contribution is 6.10. The molecule has 4 amide bonds. The SMILES string of the molecule is C=CCN(C(=O)CN1C(=O)NC(CC)(c2ccccc2)C1=O)c1ccccc1. The molecule has 1 aliphatic heterocycles. The van der Waals surface area contributed by atoms with Crippen LogP contribution in [0, 0.1) is 0 Å². The van der Waals surface area contributed by atoms with Crippen LogP contribution in [0.25, 0.3) is 0 Å². The predicted octanol–water partition coefficient (Wildman–Crippen LogP) is 3.06. The lowest BCUT2D eigenvalue weighted by Gasteiger charge is -2.26. The molecule has 0 radical (unpaired) electrons. The van der Waals surface area contributed by atoms with Crippen LogP contribution in [0.5, 0.6) is 0 Å². The van der Waals surface area contributed by atoms with E-state index in [9.17, 15) is 14.4 Å². The molecule has 0 spiro atoms. The number of para-hydroxylation sites is 1. The van der Waals surface area contributed by atoms with E-state index in [1.54, 1.807) is 30.3 Å². The number of nitrogens with zero attached hydrogens (tertiary/aromatic N) is 2. The van der Waals surface area contributed by atoms with E-state index in [1.165, 1.54) is 4.90 Å². The van der Waals surface area contributed by atoms with Crippen LogP contribution in [0.15, 0.2) is 73.3 Å². The molecule has 6 nitrogen and oxygen atoms in total. The van der Waals surface area contributed by atoms with E-state index in [1.807, 2.05) is 43.3 Å². The van der Waals surface area contributed by atoms with Gasteiger partial charge in [0.2, 0.25) is 5.91 Å². The molecular weight excluding hydrogens is 354 g/mol.